The third kappa shape index (κ3) is 1.63. The fourth-order valence-electron chi connectivity index (χ4n) is 1.67. The van der Waals surface area contributed by atoms with Crippen LogP contribution in [0.15, 0.2) is 24.4 Å². The molecule has 1 aromatic heterocycles. The van der Waals surface area contributed by atoms with Gasteiger partial charge in [-0.1, -0.05) is 29.8 Å². The average Bonchev–Trinajstić information content (AvgIpc) is 2.49. The number of rotatable bonds is 2. The van der Waals surface area contributed by atoms with Crippen molar-refractivity contribution in [1.29, 1.82) is 0 Å². The van der Waals surface area contributed by atoms with Crippen LogP contribution < -0.4 is 0 Å². The first-order valence-electron chi connectivity index (χ1n) is 4.61. The molecule has 0 saturated carbocycles. The predicted octanol–water partition coefficient (Wildman–Crippen LogP) is 2.74. The number of para-hydroxylation sites is 1. The molecule has 0 radical (unpaired) electrons. The van der Waals surface area contributed by atoms with Gasteiger partial charge in [-0.3, -0.25) is 0 Å². The van der Waals surface area contributed by atoms with Crippen molar-refractivity contribution in [2.45, 2.75) is 19.4 Å². The van der Waals surface area contributed by atoms with Gasteiger partial charge in [-0.2, -0.15) is 0 Å². The van der Waals surface area contributed by atoms with E-state index in [4.69, 9.17) is 11.6 Å². The number of aromatic amines is 1. The van der Waals surface area contributed by atoms with Crippen LogP contribution in [0.2, 0.25) is 5.02 Å². The van der Waals surface area contributed by atoms with Crippen LogP contribution in [0.3, 0.4) is 0 Å². The van der Waals surface area contributed by atoms with Gasteiger partial charge in [-0.15, -0.1) is 0 Å². The summed E-state index contributed by atoms with van der Waals surface area (Å²) in [5, 5.41) is 11.1. The molecule has 0 aliphatic carbocycles. The first-order chi connectivity index (χ1) is 6.68. The Bertz CT molecular complexity index is 447. The summed E-state index contributed by atoms with van der Waals surface area (Å²) in [6, 6.07) is 5.93. The molecule has 0 aliphatic heterocycles. The standard InChI is InChI=1S/C11H12ClNO/c1-7(14)5-8-3-2-4-9-10(12)6-13-11(8)9/h2-4,6-7,13-14H,5H2,1H3. The van der Waals surface area contributed by atoms with E-state index in [9.17, 15) is 5.11 Å². The summed E-state index contributed by atoms with van der Waals surface area (Å²) < 4.78 is 0. The molecule has 2 N–H and O–H groups in total. The Hall–Kier alpha value is -0.990. The average molecular weight is 210 g/mol. The van der Waals surface area contributed by atoms with Crippen LogP contribution >= 0.6 is 11.6 Å². The molecule has 74 valence electrons. The maximum absolute atomic E-state index is 9.33. The Morgan fingerprint density at radius 1 is 1.50 bits per heavy atom. The second-order valence-electron chi connectivity index (χ2n) is 3.53. The SMILES string of the molecule is CC(O)Cc1cccc2c(Cl)c[nH]c12. The largest absolute Gasteiger partial charge is 0.393 e. The molecule has 0 spiro atoms. The maximum Gasteiger partial charge on any atom is 0.0659 e. The summed E-state index contributed by atoms with van der Waals surface area (Å²) in [6.45, 7) is 1.78. The van der Waals surface area contributed by atoms with Crippen molar-refractivity contribution in [3.8, 4) is 0 Å². The van der Waals surface area contributed by atoms with Gasteiger partial charge in [0.15, 0.2) is 0 Å². The number of nitrogens with one attached hydrogen (secondary N) is 1. The third-order valence-electron chi connectivity index (χ3n) is 2.27. The molecule has 0 aliphatic rings. The van der Waals surface area contributed by atoms with E-state index < -0.39 is 0 Å². The van der Waals surface area contributed by atoms with E-state index in [0.29, 0.717) is 6.42 Å². The number of aliphatic hydroxyl groups excluding tert-OH is 1. The number of fused-ring (bicyclic) bond motifs is 1. The molecule has 2 rings (SSSR count). The van der Waals surface area contributed by atoms with E-state index in [-0.39, 0.29) is 6.10 Å². The third-order valence-corrected chi connectivity index (χ3v) is 2.58. The van der Waals surface area contributed by atoms with Crippen LogP contribution in [0.5, 0.6) is 0 Å². The van der Waals surface area contributed by atoms with Gasteiger partial charge in [0, 0.05) is 18.0 Å². The van der Waals surface area contributed by atoms with Gasteiger partial charge >= 0.3 is 0 Å². The minimum Gasteiger partial charge on any atom is -0.393 e. The molecule has 2 aromatic rings. The lowest BCUT2D eigenvalue weighted by molar-refractivity contribution is 0.196. The maximum atomic E-state index is 9.33. The quantitative estimate of drug-likeness (QED) is 0.784. The number of benzene rings is 1. The molecular formula is C11H12ClNO. The number of hydrogen-bond acceptors (Lipinski definition) is 1. The molecule has 0 fully saturated rings. The normalized spacial score (nSPS) is 13.4. The smallest absolute Gasteiger partial charge is 0.0659 e. The zero-order chi connectivity index (χ0) is 10.1. The molecule has 1 unspecified atom stereocenters. The Kier molecular flexibility index (Phi) is 2.48. The first kappa shape index (κ1) is 9.56. The molecular weight excluding hydrogens is 198 g/mol. The van der Waals surface area contributed by atoms with Crippen LogP contribution in [0.25, 0.3) is 10.9 Å². The fourth-order valence-corrected chi connectivity index (χ4v) is 1.88. The topological polar surface area (TPSA) is 36.0 Å². The van der Waals surface area contributed by atoms with E-state index in [0.717, 1.165) is 21.5 Å². The summed E-state index contributed by atoms with van der Waals surface area (Å²) in [7, 11) is 0. The van der Waals surface area contributed by atoms with Crippen molar-refractivity contribution >= 4 is 22.5 Å². The van der Waals surface area contributed by atoms with Crippen LogP contribution in [-0.2, 0) is 6.42 Å². The lowest BCUT2D eigenvalue weighted by atomic mass is 10.1. The summed E-state index contributed by atoms with van der Waals surface area (Å²) in [4.78, 5) is 3.12. The molecule has 2 nitrogen and oxygen atoms in total. The Morgan fingerprint density at radius 2 is 2.29 bits per heavy atom. The highest BCUT2D eigenvalue weighted by molar-refractivity contribution is 6.35. The molecule has 14 heavy (non-hydrogen) atoms. The van der Waals surface area contributed by atoms with E-state index in [1.54, 1.807) is 13.1 Å². The molecule has 3 heteroatoms. The zero-order valence-corrected chi connectivity index (χ0v) is 8.67. The summed E-state index contributed by atoms with van der Waals surface area (Å²) in [5.41, 5.74) is 2.13. The van der Waals surface area contributed by atoms with Gasteiger partial charge < -0.3 is 10.1 Å². The molecule has 1 atom stereocenters. The first-order valence-corrected chi connectivity index (χ1v) is 4.99. The molecule has 1 heterocycles. The Balaban J connectivity index is 2.54. The highest BCUT2D eigenvalue weighted by atomic mass is 35.5. The monoisotopic (exact) mass is 209 g/mol. The summed E-state index contributed by atoms with van der Waals surface area (Å²) in [6.07, 6.45) is 2.09. The lowest BCUT2D eigenvalue weighted by Crippen LogP contribution is -2.04. The van der Waals surface area contributed by atoms with Gasteiger partial charge in [0.05, 0.1) is 16.6 Å². The van der Waals surface area contributed by atoms with Gasteiger partial charge in [-0.25, -0.2) is 0 Å². The second kappa shape index (κ2) is 3.64. The highest BCUT2D eigenvalue weighted by Crippen LogP contribution is 2.25. The zero-order valence-electron chi connectivity index (χ0n) is 7.92. The fraction of sp³-hybridized carbons (Fsp3) is 0.273. The minimum absolute atomic E-state index is 0.331. The van der Waals surface area contributed by atoms with Crippen molar-refractivity contribution in [2.75, 3.05) is 0 Å². The van der Waals surface area contributed by atoms with E-state index in [1.165, 1.54) is 0 Å². The highest BCUT2D eigenvalue weighted by Gasteiger charge is 2.07. The van der Waals surface area contributed by atoms with E-state index >= 15 is 0 Å². The van der Waals surface area contributed by atoms with Crippen LogP contribution in [0.4, 0.5) is 0 Å². The molecule has 1 aromatic carbocycles. The number of H-pyrrole nitrogens is 1. The summed E-state index contributed by atoms with van der Waals surface area (Å²) >= 11 is 5.99. The number of halogens is 1. The predicted molar refractivity (Wildman–Crippen MR) is 58.7 cm³/mol. The number of aromatic nitrogens is 1. The summed E-state index contributed by atoms with van der Waals surface area (Å²) in [5.74, 6) is 0. The van der Waals surface area contributed by atoms with E-state index in [2.05, 4.69) is 4.98 Å². The van der Waals surface area contributed by atoms with Crippen molar-refractivity contribution in [2.24, 2.45) is 0 Å². The molecule has 0 amide bonds. The van der Waals surface area contributed by atoms with Crippen molar-refractivity contribution in [3.05, 3.63) is 35.0 Å². The number of hydrogen-bond donors (Lipinski definition) is 2. The van der Waals surface area contributed by atoms with Crippen molar-refractivity contribution in [3.63, 3.8) is 0 Å². The Morgan fingerprint density at radius 3 is 3.00 bits per heavy atom. The van der Waals surface area contributed by atoms with Gasteiger partial charge in [0.1, 0.15) is 0 Å². The minimum atomic E-state index is -0.331. The van der Waals surface area contributed by atoms with Crippen LogP contribution in [-0.4, -0.2) is 16.2 Å². The Labute approximate surface area is 87.5 Å². The van der Waals surface area contributed by atoms with Crippen molar-refractivity contribution in [1.82, 2.24) is 4.98 Å². The van der Waals surface area contributed by atoms with E-state index in [1.807, 2.05) is 18.2 Å². The molecule has 0 bridgehead atoms. The van der Waals surface area contributed by atoms with Crippen molar-refractivity contribution < 1.29 is 5.11 Å². The van der Waals surface area contributed by atoms with Gasteiger partial charge in [-0.05, 0) is 12.5 Å². The van der Waals surface area contributed by atoms with Gasteiger partial charge in [0.2, 0.25) is 0 Å². The number of aliphatic hydroxyl groups is 1. The van der Waals surface area contributed by atoms with Crippen LogP contribution in [0, 0.1) is 0 Å². The molecule has 0 saturated heterocycles. The second-order valence-corrected chi connectivity index (χ2v) is 3.94. The van der Waals surface area contributed by atoms with Gasteiger partial charge in [0.25, 0.3) is 0 Å². The van der Waals surface area contributed by atoms with Crippen LogP contribution in [0.1, 0.15) is 12.5 Å². The lowest BCUT2D eigenvalue weighted by Gasteiger charge is -2.05.